The lowest BCUT2D eigenvalue weighted by atomic mass is 10.1. The molecule has 0 aliphatic heterocycles. The van der Waals surface area contributed by atoms with Crippen LogP contribution in [-0.4, -0.2) is 11.7 Å². The number of carbonyl (C=O) groups is 1. The number of hydrogen-bond donors (Lipinski definition) is 2. The molecular weight excluding hydrogens is 369 g/mol. The maximum absolute atomic E-state index is 12.6. The van der Waals surface area contributed by atoms with Crippen molar-refractivity contribution in [2.75, 3.05) is 0 Å². The van der Waals surface area contributed by atoms with Gasteiger partial charge >= 0.3 is 12.3 Å². The lowest BCUT2D eigenvalue weighted by Crippen LogP contribution is -2.32. The molecule has 152 valence electrons. The van der Waals surface area contributed by atoms with E-state index in [1.807, 2.05) is 24.3 Å². The van der Waals surface area contributed by atoms with Crippen LogP contribution < -0.4 is 10.6 Å². The molecule has 1 amide bonds. The predicted molar refractivity (Wildman–Crippen MR) is 102 cm³/mol. The minimum atomic E-state index is -4.32. The highest BCUT2D eigenvalue weighted by Crippen LogP contribution is 2.29. The average Bonchev–Trinajstić information content (AvgIpc) is 2.59. The Morgan fingerprint density at radius 1 is 0.893 bits per heavy atom. The maximum atomic E-state index is 12.6. The zero-order valence-corrected chi connectivity index (χ0v) is 16.2. The number of nitrogens with one attached hydrogen (secondary N) is 2. The normalized spacial score (nSPS) is 11.9. The van der Waals surface area contributed by atoms with Gasteiger partial charge in [-0.3, -0.25) is 0 Å². The van der Waals surface area contributed by atoms with Crippen LogP contribution in [0.3, 0.4) is 0 Å². The third kappa shape index (κ3) is 7.60. The van der Waals surface area contributed by atoms with Crippen molar-refractivity contribution in [1.82, 2.24) is 10.6 Å². The number of alkyl carbamates (subject to hydrolysis) is 1. The molecule has 7 heteroatoms. The number of amides is 1. The third-order valence-corrected chi connectivity index (χ3v) is 3.77. The van der Waals surface area contributed by atoms with Crippen molar-refractivity contribution in [1.29, 1.82) is 0 Å². The molecule has 4 nitrogen and oxygen atoms in total. The van der Waals surface area contributed by atoms with E-state index >= 15 is 0 Å². The van der Waals surface area contributed by atoms with Crippen LogP contribution in [0.1, 0.15) is 43.0 Å². The molecule has 0 spiro atoms. The smallest absolute Gasteiger partial charge is 0.416 e. The molecule has 2 N–H and O–H groups in total. The van der Waals surface area contributed by atoms with E-state index in [1.165, 1.54) is 12.1 Å². The molecule has 0 unspecified atom stereocenters. The van der Waals surface area contributed by atoms with Gasteiger partial charge in [0, 0.05) is 19.6 Å². The monoisotopic (exact) mass is 394 g/mol. The molecule has 2 aromatic rings. The van der Waals surface area contributed by atoms with Crippen LogP contribution in [0.5, 0.6) is 0 Å². The van der Waals surface area contributed by atoms with Crippen LogP contribution in [0, 0.1) is 0 Å². The second kappa shape index (κ2) is 9.10. The second-order valence-corrected chi connectivity index (χ2v) is 7.47. The Morgan fingerprint density at radius 2 is 1.46 bits per heavy atom. The number of hydrogen-bond acceptors (Lipinski definition) is 3. The average molecular weight is 394 g/mol. The molecule has 0 aliphatic carbocycles. The summed E-state index contributed by atoms with van der Waals surface area (Å²) in [4.78, 5) is 11.7. The van der Waals surface area contributed by atoms with E-state index in [1.54, 1.807) is 20.8 Å². The van der Waals surface area contributed by atoms with Crippen LogP contribution in [0.25, 0.3) is 0 Å². The molecule has 2 aromatic carbocycles. The predicted octanol–water partition coefficient (Wildman–Crippen LogP) is 5.02. The Kier molecular flexibility index (Phi) is 7.07. The molecule has 0 heterocycles. The summed E-state index contributed by atoms with van der Waals surface area (Å²) in [5.74, 6) is 0. The lowest BCUT2D eigenvalue weighted by molar-refractivity contribution is -0.137. The summed E-state index contributed by atoms with van der Waals surface area (Å²) in [7, 11) is 0. The zero-order chi connectivity index (χ0) is 20.8. The number of carbonyl (C=O) groups excluding carboxylic acids is 1. The van der Waals surface area contributed by atoms with Crippen molar-refractivity contribution >= 4 is 6.09 Å². The van der Waals surface area contributed by atoms with Gasteiger partial charge in [0.05, 0.1) is 5.56 Å². The maximum Gasteiger partial charge on any atom is 0.416 e. The fraction of sp³-hybridized carbons (Fsp3) is 0.381. The molecule has 0 aromatic heterocycles. The minimum Gasteiger partial charge on any atom is -0.444 e. The fourth-order valence-electron chi connectivity index (χ4n) is 2.50. The number of ether oxygens (including phenoxy) is 1. The standard InChI is InChI=1S/C21H25F3N2O2/c1-20(2,3)28-19(27)26-14-17-6-4-5-16(11-17)13-25-12-15-7-9-18(10-8-15)21(22,23)24/h4-11,25H,12-14H2,1-3H3,(H,26,27). The van der Waals surface area contributed by atoms with E-state index < -0.39 is 23.4 Å². The molecule has 0 bridgehead atoms. The van der Waals surface area contributed by atoms with Gasteiger partial charge in [-0.1, -0.05) is 36.4 Å². The summed E-state index contributed by atoms with van der Waals surface area (Å²) in [6.07, 6.45) is -4.79. The molecule has 28 heavy (non-hydrogen) atoms. The van der Waals surface area contributed by atoms with Crippen molar-refractivity contribution < 1.29 is 22.7 Å². The van der Waals surface area contributed by atoms with Crippen molar-refractivity contribution in [2.45, 2.75) is 52.2 Å². The molecule has 0 atom stereocenters. The van der Waals surface area contributed by atoms with Gasteiger partial charge in [0.1, 0.15) is 5.60 Å². The van der Waals surface area contributed by atoms with Gasteiger partial charge in [-0.05, 0) is 49.6 Å². The highest BCUT2D eigenvalue weighted by atomic mass is 19.4. The number of halogens is 3. The first-order valence-electron chi connectivity index (χ1n) is 8.94. The van der Waals surface area contributed by atoms with Gasteiger partial charge in [0.15, 0.2) is 0 Å². The number of rotatable bonds is 6. The zero-order valence-electron chi connectivity index (χ0n) is 16.2. The van der Waals surface area contributed by atoms with Crippen LogP contribution in [-0.2, 0) is 30.5 Å². The third-order valence-electron chi connectivity index (χ3n) is 3.77. The van der Waals surface area contributed by atoms with Gasteiger partial charge < -0.3 is 15.4 Å². The van der Waals surface area contributed by atoms with Crippen molar-refractivity contribution in [2.24, 2.45) is 0 Å². The summed E-state index contributed by atoms with van der Waals surface area (Å²) in [5.41, 5.74) is 1.51. The Morgan fingerprint density at radius 3 is 2.04 bits per heavy atom. The second-order valence-electron chi connectivity index (χ2n) is 7.47. The fourth-order valence-corrected chi connectivity index (χ4v) is 2.50. The van der Waals surface area contributed by atoms with Crippen LogP contribution in [0.15, 0.2) is 48.5 Å². The summed E-state index contributed by atoms with van der Waals surface area (Å²) >= 11 is 0. The number of benzene rings is 2. The van der Waals surface area contributed by atoms with Crippen molar-refractivity contribution in [3.8, 4) is 0 Å². The molecule has 0 saturated heterocycles. The van der Waals surface area contributed by atoms with Crippen LogP contribution in [0.2, 0.25) is 0 Å². The van der Waals surface area contributed by atoms with Crippen LogP contribution >= 0.6 is 0 Å². The largest absolute Gasteiger partial charge is 0.444 e. The molecular formula is C21H25F3N2O2. The van der Waals surface area contributed by atoms with E-state index in [9.17, 15) is 18.0 Å². The first kappa shape index (κ1) is 21.8. The van der Waals surface area contributed by atoms with E-state index in [-0.39, 0.29) is 0 Å². The molecule has 0 saturated carbocycles. The van der Waals surface area contributed by atoms with E-state index in [0.717, 1.165) is 28.8 Å². The van der Waals surface area contributed by atoms with Gasteiger partial charge in [0.2, 0.25) is 0 Å². The SMILES string of the molecule is CC(C)(C)OC(=O)NCc1cccc(CNCc2ccc(C(F)(F)F)cc2)c1. The van der Waals surface area contributed by atoms with E-state index in [2.05, 4.69) is 10.6 Å². The Balaban J connectivity index is 1.82. The van der Waals surface area contributed by atoms with Crippen LogP contribution in [0.4, 0.5) is 18.0 Å². The topological polar surface area (TPSA) is 50.4 Å². The summed E-state index contributed by atoms with van der Waals surface area (Å²) in [5, 5.41) is 5.91. The Bertz CT molecular complexity index is 781. The summed E-state index contributed by atoms with van der Waals surface area (Å²) in [6, 6.07) is 12.8. The molecule has 0 radical (unpaired) electrons. The summed E-state index contributed by atoms with van der Waals surface area (Å²) < 4.78 is 42.9. The van der Waals surface area contributed by atoms with Gasteiger partial charge in [-0.15, -0.1) is 0 Å². The van der Waals surface area contributed by atoms with E-state index in [4.69, 9.17) is 4.74 Å². The Labute approximate surface area is 163 Å². The van der Waals surface area contributed by atoms with Gasteiger partial charge in [-0.2, -0.15) is 13.2 Å². The quantitative estimate of drug-likeness (QED) is 0.723. The Hall–Kier alpha value is -2.54. The van der Waals surface area contributed by atoms with Gasteiger partial charge in [-0.25, -0.2) is 4.79 Å². The summed E-state index contributed by atoms with van der Waals surface area (Å²) in [6.45, 7) is 6.77. The van der Waals surface area contributed by atoms with Gasteiger partial charge in [0.25, 0.3) is 0 Å². The molecule has 2 rings (SSSR count). The first-order chi connectivity index (χ1) is 13.0. The lowest BCUT2D eigenvalue weighted by Gasteiger charge is -2.19. The molecule has 0 aliphatic rings. The highest BCUT2D eigenvalue weighted by Gasteiger charge is 2.29. The van der Waals surface area contributed by atoms with E-state index in [0.29, 0.717) is 19.6 Å². The number of alkyl halides is 3. The van der Waals surface area contributed by atoms with Crippen molar-refractivity contribution in [3.05, 3.63) is 70.8 Å². The molecule has 0 fully saturated rings. The van der Waals surface area contributed by atoms with Crippen molar-refractivity contribution in [3.63, 3.8) is 0 Å². The minimum absolute atomic E-state index is 0.349. The first-order valence-corrected chi connectivity index (χ1v) is 8.94. The highest BCUT2D eigenvalue weighted by molar-refractivity contribution is 5.67.